The molecule has 0 atom stereocenters. The number of nitrogens with zero attached hydrogens (tertiary/aromatic N) is 4. The quantitative estimate of drug-likeness (QED) is 0.686. The molecule has 3 aromatic heterocycles. The summed E-state index contributed by atoms with van der Waals surface area (Å²) in [6.07, 6.45) is 1.94. The third kappa shape index (κ3) is 3.65. The summed E-state index contributed by atoms with van der Waals surface area (Å²) in [5.41, 5.74) is 1.67. The van der Waals surface area contributed by atoms with Crippen LogP contribution in [0.15, 0.2) is 53.6 Å². The van der Waals surface area contributed by atoms with E-state index < -0.39 is 18.9 Å². The predicted octanol–water partition coefficient (Wildman–Crippen LogP) is 3.45. The number of anilines is 1. The van der Waals surface area contributed by atoms with E-state index in [0.29, 0.717) is 12.2 Å². The second-order valence-corrected chi connectivity index (χ2v) is 5.80. The van der Waals surface area contributed by atoms with E-state index in [2.05, 4.69) is 10.1 Å². The molecule has 0 N–H and O–H groups in total. The van der Waals surface area contributed by atoms with Gasteiger partial charge in [0.2, 0.25) is 0 Å². The molecule has 0 unspecified atom stereocenters. The molecule has 124 valence electrons. The van der Waals surface area contributed by atoms with Crippen LogP contribution in [0.5, 0.6) is 0 Å². The number of carbonyl (C=O) groups is 1. The molecule has 0 saturated heterocycles. The molecule has 0 aliphatic carbocycles. The van der Waals surface area contributed by atoms with E-state index in [4.69, 9.17) is 0 Å². The van der Waals surface area contributed by atoms with Gasteiger partial charge in [-0.25, -0.2) is 8.78 Å². The highest BCUT2D eigenvalue weighted by molar-refractivity contribution is 7.07. The van der Waals surface area contributed by atoms with E-state index in [1.807, 2.05) is 16.8 Å². The van der Waals surface area contributed by atoms with E-state index in [9.17, 15) is 13.6 Å². The number of thiophene rings is 1. The van der Waals surface area contributed by atoms with Crippen molar-refractivity contribution in [3.8, 4) is 0 Å². The highest BCUT2D eigenvalue weighted by atomic mass is 32.1. The van der Waals surface area contributed by atoms with Crippen LogP contribution in [0.1, 0.15) is 16.1 Å². The lowest BCUT2D eigenvalue weighted by Crippen LogP contribution is -2.32. The molecule has 0 radical (unpaired) electrons. The Morgan fingerprint density at radius 3 is 2.83 bits per heavy atom. The Bertz CT molecular complexity index is 790. The number of carbonyl (C=O) groups excluding carboxylic acids is 1. The van der Waals surface area contributed by atoms with Crippen molar-refractivity contribution in [2.45, 2.75) is 19.5 Å². The lowest BCUT2D eigenvalue weighted by atomic mass is 10.2. The van der Waals surface area contributed by atoms with E-state index >= 15 is 0 Å². The molecule has 3 heterocycles. The summed E-state index contributed by atoms with van der Waals surface area (Å²) in [6, 6.07) is 6.84. The maximum absolute atomic E-state index is 12.9. The molecule has 8 heteroatoms. The third-order valence-electron chi connectivity index (χ3n) is 3.37. The minimum absolute atomic E-state index is 0.120. The van der Waals surface area contributed by atoms with Crippen LogP contribution < -0.4 is 4.90 Å². The van der Waals surface area contributed by atoms with Crippen molar-refractivity contribution in [3.05, 3.63) is 64.9 Å². The summed E-state index contributed by atoms with van der Waals surface area (Å²) < 4.78 is 26.4. The van der Waals surface area contributed by atoms with Crippen LogP contribution in [0, 0.1) is 0 Å². The lowest BCUT2D eigenvalue weighted by Gasteiger charge is -2.22. The van der Waals surface area contributed by atoms with Gasteiger partial charge >= 0.3 is 0 Å². The molecule has 1 amide bonds. The molecule has 0 aliphatic rings. The number of rotatable bonds is 6. The highest BCUT2D eigenvalue weighted by Gasteiger charge is 2.23. The number of pyridine rings is 1. The van der Waals surface area contributed by atoms with Crippen molar-refractivity contribution >= 4 is 22.9 Å². The first kappa shape index (κ1) is 16.3. The minimum atomic E-state index is -2.58. The van der Waals surface area contributed by atoms with Crippen molar-refractivity contribution in [1.29, 1.82) is 0 Å². The molecule has 0 bridgehead atoms. The first-order chi connectivity index (χ1) is 11.6. The summed E-state index contributed by atoms with van der Waals surface area (Å²) in [5, 5.41) is 7.68. The lowest BCUT2D eigenvalue weighted by molar-refractivity contribution is 0.0954. The number of halogens is 2. The number of amides is 1. The monoisotopic (exact) mass is 348 g/mol. The maximum Gasteiger partial charge on any atom is 0.276 e. The van der Waals surface area contributed by atoms with Crippen molar-refractivity contribution in [2.24, 2.45) is 0 Å². The molecule has 0 saturated carbocycles. The van der Waals surface area contributed by atoms with Crippen molar-refractivity contribution < 1.29 is 13.6 Å². The predicted molar refractivity (Wildman–Crippen MR) is 87.3 cm³/mol. The molecular formula is C16H14F2N4OS. The fraction of sp³-hybridized carbons (Fsp3) is 0.188. The van der Waals surface area contributed by atoms with Gasteiger partial charge in [-0.15, -0.1) is 0 Å². The van der Waals surface area contributed by atoms with Crippen LogP contribution in [0.25, 0.3) is 0 Å². The van der Waals surface area contributed by atoms with Gasteiger partial charge in [-0.3, -0.25) is 14.5 Å². The smallest absolute Gasteiger partial charge is 0.276 e. The fourth-order valence-corrected chi connectivity index (χ4v) is 2.95. The largest absolute Gasteiger partial charge is 0.301 e. The van der Waals surface area contributed by atoms with E-state index in [0.717, 1.165) is 10.2 Å². The van der Waals surface area contributed by atoms with Gasteiger partial charge in [0.05, 0.1) is 18.4 Å². The standard InChI is InChI=1S/C16H14F2N4OS/c17-15(18)10-22-14(3-6-20-22)16(23)21(9-12-4-7-24-11-12)13-2-1-5-19-8-13/h1-8,11,15H,9-10H2. The molecule has 0 spiro atoms. The second kappa shape index (κ2) is 7.31. The Balaban J connectivity index is 1.93. The average Bonchev–Trinajstić information content (AvgIpc) is 3.24. The second-order valence-electron chi connectivity index (χ2n) is 5.02. The number of alkyl halides is 2. The van der Waals surface area contributed by atoms with Gasteiger partial charge in [-0.05, 0) is 40.6 Å². The minimum Gasteiger partial charge on any atom is -0.301 e. The molecular weight excluding hydrogens is 334 g/mol. The van der Waals surface area contributed by atoms with Crippen molar-refractivity contribution in [3.63, 3.8) is 0 Å². The average molecular weight is 348 g/mol. The maximum atomic E-state index is 12.9. The Morgan fingerprint density at radius 1 is 1.29 bits per heavy atom. The van der Waals surface area contributed by atoms with Crippen molar-refractivity contribution in [2.75, 3.05) is 4.90 Å². The van der Waals surface area contributed by atoms with Crippen molar-refractivity contribution in [1.82, 2.24) is 14.8 Å². The number of aromatic nitrogens is 3. The zero-order valence-electron chi connectivity index (χ0n) is 12.5. The molecule has 3 rings (SSSR count). The van der Waals surface area contributed by atoms with Crippen LogP contribution in [-0.2, 0) is 13.1 Å². The topological polar surface area (TPSA) is 51.0 Å². The summed E-state index contributed by atoms with van der Waals surface area (Å²) >= 11 is 1.53. The zero-order chi connectivity index (χ0) is 16.9. The van der Waals surface area contributed by atoms with Gasteiger partial charge in [0.25, 0.3) is 12.3 Å². The summed E-state index contributed by atoms with van der Waals surface area (Å²) in [4.78, 5) is 18.5. The first-order valence-corrected chi connectivity index (χ1v) is 8.12. The van der Waals surface area contributed by atoms with Gasteiger partial charge < -0.3 is 4.90 Å². The Morgan fingerprint density at radius 2 is 2.17 bits per heavy atom. The Kier molecular flexibility index (Phi) is 4.95. The number of hydrogen-bond donors (Lipinski definition) is 0. The van der Waals surface area contributed by atoms with E-state index in [1.165, 1.54) is 28.5 Å². The van der Waals surface area contributed by atoms with Gasteiger partial charge in [0.15, 0.2) is 0 Å². The van der Waals surface area contributed by atoms with Crippen LogP contribution in [0.3, 0.4) is 0 Å². The van der Waals surface area contributed by atoms with Gasteiger partial charge in [-0.1, -0.05) is 0 Å². The van der Waals surface area contributed by atoms with Gasteiger partial charge in [0, 0.05) is 12.4 Å². The van der Waals surface area contributed by atoms with Gasteiger partial charge in [0.1, 0.15) is 12.2 Å². The molecule has 0 fully saturated rings. The summed E-state index contributed by atoms with van der Waals surface area (Å²) in [6.45, 7) is -0.290. The fourth-order valence-electron chi connectivity index (χ4n) is 2.29. The summed E-state index contributed by atoms with van der Waals surface area (Å²) in [5.74, 6) is -0.396. The first-order valence-electron chi connectivity index (χ1n) is 7.18. The van der Waals surface area contributed by atoms with E-state index in [1.54, 1.807) is 24.5 Å². The SMILES string of the molecule is O=C(c1ccnn1CC(F)F)N(Cc1ccsc1)c1cccnc1. The molecule has 0 aromatic carbocycles. The molecule has 5 nitrogen and oxygen atoms in total. The summed E-state index contributed by atoms with van der Waals surface area (Å²) in [7, 11) is 0. The van der Waals surface area contributed by atoms with Gasteiger partial charge in [-0.2, -0.15) is 16.4 Å². The van der Waals surface area contributed by atoms with Crippen LogP contribution in [-0.4, -0.2) is 27.1 Å². The normalized spacial score (nSPS) is 11.0. The highest BCUT2D eigenvalue weighted by Crippen LogP contribution is 2.20. The third-order valence-corrected chi connectivity index (χ3v) is 4.10. The van der Waals surface area contributed by atoms with Crippen LogP contribution in [0.4, 0.5) is 14.5 Å². The van der Waals surface area contributed by atoms with E-state index in [-0.39, 0.29) is 5.69 Å². The Labute approximate surface area is 141 Å². The molecule has 3 aromatic rings. The van der Waals surface area contributed by atoms with Crippen LogP contribution >= 0.6 is 11.3 Å². The zero-order valence-corrected chi connectivity index (χ0v) is 13.4. The molecule has 0 aliphatic heterocycles. The van der Waals surface area contributed by atoms with Crippen LogP contribution in [0.2, 0.25) is 0 Å². The molecule has 24 heavy (non-hydrogen) atoms. The number of hydrogen-bond acceptors (Lipinski definition) is 4. The Hall–Kier alpha value is -2.61.